The summed E-state index contributed by atoms with van der Waals surface area (Å²) in [6.45, 7) is 2.12. The summed E-state index contributed by atoms with van der Waals surface area (Å²) in [5.41, 5.74) is 4.38. The van der Waals surface area contributed by atoms with Crippen LogP contribution in [0.25, 0.3) is 0 Å². The Balaban J connectivity index is 2.33. The lowest BCUT2D eigenvalue weighted by Gasteiger charge is -2.18. The first-order valence-electron chi connectivity index (χ1n) is 5.93. The molecule has 2 aromatic rings. The first kappa shape index (κ1) is 12.6. The average molecular weight is 252 g/mol. The van der Waals surface area contributed by atoms with Gasteiger partial charge in [0, 0.05) is 12.7 Å². The first-order valence-corrected chi connectivity index (χ1v) is 8.34. The predicted octanol–water partition coefficient (Wildman–Crippen LogP) is 2.71. The molecule has 0 heterocycles. The van der Waals surface area contributed by atoms with Gasteiger partial charge in [0.2, 0.25) is 0 Å². The lowest BCUT2D eigenvalue weighted by molar-refractivity contribution is 0.422. The summed E-state index contributed by atoms with van der Waals surface area (Å²) in [5, 5.41) is 1.20. The van der Waals surface area contributed by atoms with Crippen molar-refractivity contribution in [2.24, 2.45) is 0 Å². The van der Waals surface area contributed by atoms with Gasteiger partial charge in [0.05, 0.1) is 0 Å². The zero-order chi connectivity index (χ0) is 12.8. The van der Waals surface area contributed by atoms with Crippen LogP contribution in [0.4, 0.5) is 0 Å². The van der Waals surface area contributed by atoms with Crippen molar-refractivity contribution in [3.63, 3.8) is 0 Å². The maximum atomic E-state index is 5.71. The number of hydrogen-bond acceptors (Lipinski definition) is 1. The fourth-order valence-corrected chi connectivity index (χ4v) is 3.40. The van der Waals surface area contributed by atoms with E-state index in [2.05, 4.69) is 30.1 Å². The second kappa shape index (κ2) is 5.68. The maximum Gasteiger partial charge on any atom is 0.301 e. The van der Waals surface area contributed by atoms with Crippen molar-refractivity contribution < 1.29 is 4.43 Å². The molecule has 0 aromatic heterocycles. The zero-order valence-corrected chi connectivity index (χ0v) is 11.7. The molecular formula is C16H16OSi. The minimum absolute atomic E-state index is 1.03. The van der Waals surface area contributed by atoms with E-state index >= 15 is 0 Å². The molecule has 0 aliphatic rings. The van der Waals surface area contributed by atoms with Crippen molar-refractivity contribution in [2.45, 2.75) is 6.55 Å². The SMILES string of the molecule is CO[Si](C)(C#Cc1ccccc1)c1ccccc1. The van der Waals surface area contributed by atoms with Crippen LogP contribution in [0.1, 0.15) is 5.56 Å². The Morgan fingerprint density at radius 2 is 1.44 bits per heavy atom. The van der Waals surface area contributed by atoms with E-state index in [1.165, 1.54) is 5.19 Å². The van der Waals surface area contributed by atoms with Gasteiger partial charge >= 0.3 is 8.32 Å². The molecule has 0 bridgehead atoms. The van der Waals surface area contributed by atoms with Crippen molar-refractivity contribution >= 4 is 13.5 Å². The number of benzene rings is 2. The lowest BCUT2D eigenvalue weighted by atomic mass is 10.2. The molecule has 0 saturated heterocycles. The van der Waals surface area contributed by atoms with Gasteiger partial charge in [-0.05, 0) is 23.9 Å². The van der Waals surface area contributed by atoms with E-state index in [9.17, 15) is 0 Å². The normalized spacial score (nSPS) is 13.2. The Bertz CT molecular complexity index is 554. The van der Waals surface area contributed by atoms with Crippen LogP contribution in [-0.2, 0) is 4.43 Å². The highest BCUT2D eigenvalue weighted by Gasteiger charge is 2.27. The molecule has 0 N–H and O–H groups in total. The van der Waals surface area contributed by atoms with Crippen molar-refractivity contribution in [2.75, 3.05) is 7.11 Å². The van der Waals surface area contributed by atoms with Crippen LogP contribution in [0.2, 0.25) is 6.55 Å². The Labute approximate surface area is 110 Å². The molecule has 18 heavy (non-hydrogen) atoms. The third kappa shape index (κ3) is 2.89. The van der Waals surface area contributed by atoms with Gasteiger partial charge in [-0.25, -0.2) is 0 Å². The van der Waals surface area contributed by atoms with Gasteiger partial charge in [-0.15, -0.1) is 0 Å². The van der Waals surface area contributed by atoms with Crippen LogP contribution in [-0.4, -0.2) is 15.4 Å². The van der Waals surface area contributed by atoms with E-state index in [1.807, 2.05) is 48.5 Å². The largest absolute Gasteiger partial charge is 0.405 e. The van der Waals surface area contributed by atoms with Crippen LogP contribution in [0, 0.1) is 11.5 Å². The highest BCUT2D eigenvalue weighted by atomic mass is 28.4. The Hall–Kier alpha value is -1.82. The fourth-order valence-electron chi connectivity index (χ4n) is 1.71. The maximum absolute atomic E-state index is 5.71. The molecule has 0 spiro atoms. The summed E-state index contributed by atoms with van der Waals surface area (Å²) in [5.74, 6) is 3.22. The van der Waals surface area contributed by atoms with E-state index in [0.717, 1.165) is 5.56 Å². The van der Waals surface area contributed by atoms with E-state index in [-0.39, 0.29) is 0 Å². The molecule has 0 fully saturated rings. The van der Waals surface area contributed by atoms with E-state index in [1.54, 1.807) is 7.11 Å². The molecule has 2 heteroatoms. The molecule has 1 atom stereocenters. The van der Waals surface area contributed by atoms with E-state index in [4.69, 9.17) is 4.43 Å². The predicted molar refractivity (Wildman–Crippen MR) is 78.0 cm³/mol. The Kier molecular flexibility index (Phi) is 3.98. The standard InChI is InChI=1S/C16H16OSi/c1-17-18(2,16-11-7-4-8-12-16)14-13-15-9-5-3-6-10-15/h3-12H,1-2H3. The smallest absolute Gasteiger partial charge is 0.301 e. The van der Waals surface area contributed by atoms with Crippen LogP contribution >= 0.6 is 0 Å². The molecule has 2 aromatic carbocycles. The molecule has 0 aliphatic carbocycles. The van der Waals surface area contributed by atoms with Crippen molar-refractivity contribution in [3.05, 3.63) is 66.2 Å². The number of rotatable bonds is 2. The van der Waals surface area contributed by atoms with Crippen LogP contribution < -0.4 is 5.19 Å². The van der Waals surface area contributed by atoms with Crippen LogP contribution in [0.3, 0.4) is 0 Å². The van der Waals surface area contributed by atoms with Gasteiger partial charge in [-0.2, -0.15) is 0 Å². The minimum Gasteiger partial charge on any atom is -0.405 e. The second-order valence-electron chi connectivity index (χ2n) is 4.22. The molecule has 90 valence electrons. The van der Waals surface area contributed by atoms with Crippen molar-refractivity contribution in [1.29, 1.82) is 0 Å². The van der Waals surface area contributed by atoms with Gasteiger partial charge in [0.15, 0.2) is 0 Å². The fraction of sp³-hybridized carbons (Fsp3) is 0.125. The summed E-state index contributed by atoms with van der Waals surface area (Å²) in [7, 11) is -0.394. The highest BCUT2D eigenvalue weighted by Crippen LogP contribution is 2.04. The second-order valence-corrected chi connectivity index (χ2v) is 7.52. The Morgan fingerprint density at radius 1 is 0.889 bits per heavy atom. The van der Waals surface area contributed by atoms with Crippen molar-refractivity contribution in [3.8, 4) is 11.5 Å². The number of hydrogen-bond donors (Lipinski definition) is 0. The topological polar surface area (TPSA) is 9.23 Å². The third-order valence-electron chi connectivity index (χ3n) is 2.95. The summed E-state index contributed by atoms with van der Waals surface area (Å²) >= 11 is 0. The summed E-state index contributed by atoms with van der Waals surface area (Å²) in [4.78, 5) is 0. The van der Waals surface area contributed by atoms with Gasteiger partial charge < -0.3 is 4.43 Å². The van der Waals surface area contributed by atoms with E-state index in [0.29, 0.717) is 0 Å². The molecule has 1 unspecified atom stereocenters. The monoisotopic (exact) mass is 252 g/mol. The summed E-state index contributed by atoms with van der Waals surface area (Å²) < 4.78 is 5.71. The van der Waals surface area contributed by atoms with Gasteiger partial charge in [-0.1, -0.05) is 60.0 Å². The van der Waals surface area contributed by atoms with Crippen LogP contribution in [0.5, 0.6) is 0 Å². The quantitative estimate of drug-likeness (QED) is 0.590. The Morgan fingerprint density at radius 3 is 2.00 bits per heavy atom. The molecule has 0 amide bonds. The molecule has 0 saturated carbocycles. The third-order valence-corrected chi connectivity index (χ3v) is 5.81. The first-order chi connectivity index (χ1) is 8.74. The van der Waals surface area contributed by atoms with Gasteiger partial charge in [0.25, 0.3) is 0 Å². The molecule has 2 rings (SSSR count). The minimum atomic E-state index is -2.14. The van der Waals surface area contributed by atoms with Gasteiger partial charge in [0.1, 0.15) is 0 Å². The van der Waals surface area contributed by atoms with Crippen LogP contribution in [0.15, 0.2) is 60.7 Å². The highest BCUT2D eigenvalue weighted by molar-refractivity contribution is 6.92. The van der Waals surface area contributed by atoms with E-state index < -0.39 is 8.32 Å². The average Bonchev–Trinajstić information content (AvgIpc) is 2.47. The van der Waals surface area contributed by atoms with Gasteiger partial charge in [-0.3, -0.25) is 0 Å². The molecule has 0 aliphatic heterocycles. The molecule has 1 nitrogen and oxygen atoms in total. The van der Waals surface area contributed by atoms with Crippen molar-refractivity contribution in [1.82, 2.24) is 0 Å². The lowest BCUT2D eigenvalue weighted by Crippen LogP contribution is -2.46. The molecule has 0 radical (unpaired) electrons. The summed E-state index contributed by atoms with van der Waals surface area (Å²) in [6.07, 6.45) is 0. The zero-order valence-electron chi connectivity index (χ0n) is 10.7. The summed E-state index contributed by atoms with van der Waals surface area (Å²) in [6, 6.07) is 20.3. The molecular weight excluding hydrogens is 236 g/mol.